The normalized spacial score (nSPS) is 11.1. The summed E-state index contributed by atoms with van der Waals surface area (Å²) in [5.74, 6) is 0.895. The van der Waals surface area contributed by atoms with Crippen molar-refractivity contribution in [3.05, 3.63) is 64.2 Å². The molecule has 0 unspecified atom stereocenters. The van der Waals surface area contributed by atoms with Crippen LogP contribution in [0.2, 0.25) is 10.0 Å². The van der Waals surface area contributed by atoms with Gasteiger partial charge >= 0.3 is 0 Å². The molecule has 1 aromatic carbocycles. The molecule has 1 amide bonds. The Morgan fingerprint density at radius 2 is 2.04 bits per heavy atom. The number of amides is 1. The first-order chi connectivity index (χ1) is 13.0. The van der Waals surface area contributed by atoms with Crippen molar-refractivity contribution in [2.24, 2.45) is 0 Å². The van der Waals surface area contributed by atoms with Gasteiger partial charge in [-0.05, 0) is 36.8 Å². The lowest BCUT2D eigenvalue weighted by molar-refractivity contribution is -0.115. The number of nitrogens with one attached hydrogen (secondary N) is 1. The third-order valence-electron chi connectivity index (χ3n) is 3.90. The second-order valence-corrected chi connectivity index (χ2v) is 6.70. The summed E-state index contributed by atoms with van der Waals surface area (Å²) in [6.45, 7) is 1.83. The summed E-state index contributed by atoms with van der Waals surface area (Å²) >= 11 is 12.0. The van der Waals surface area contributed by atoms with E-state index in [9.17, 15) is 4.79 Å². The molecule has 0 aliphatic carbocycles. The molecule has 7 nitrogen and oxygen atoms in total. The largest absolute Gasteiger partial charge is 0.415 e. The minimum absolute atomic E-state index is 0.134. The molecule has 0 saturated heterocycles. The number of fused-ring (bicyclic) bond motifs is 1. The number of hydrogen-bond donors (Lipinski definition) is 1. The number of hydrogen-bond acceptors (Lipinski definition) is 5. The number of pyridine rings is 1. The van der Waals surface area contributed by atoms with Gasteiger partial charge in [-0.3, -0.25) is 4.79 Å². The molecule has 0 aliphatic rings. The molecule has 3 aromatic heterocycles. The van der Waals surface area contributed by atoms with Crippen LogP contribution in [0.1, 0.15) is 11.4 Å². The molecule has 1 N–H and O–H groups in total. The van der Waals surface area contributed by atoms with Crippen molar-refractivity contribution in [3.8, 4) is 11.6 Å². The highest BCUT2D eigenvalue weighted by molar-refractivity contribution is 6.35. The second kappa shape index (κ2) is 7.02. The number of carbonyl (C=O) groups is 1. The van der Waals surface area contributed by atoms with Crippen molar-refractivity contribution in [2.45, 2.75) is 13.3 Å². The van der Waals surface area contributed by atoms with Crippen LogP contribution in [-0.2, 0) is 11.2 Å². The first kappa shape index (κ1) is 17.5. The fourth-order valence-corrected chi connectivity index (χ4v) is 3.04. The first-order valence-corrected chi connectivity index (χ1v) is 8.76. The van der Waals surface area contributed by atoms with E-state index < -0.39 is 0 Å². The average Bonchev–Trinajstić information content (AvgIpc) is 3.20. The molecular weight excluding hydrogens is 389 g/mol. The van der Waals surface area contributed by atoms with E-state index >= 15 is 0 Å². The molecule has 0 aliphatic heterocycles. The van der Waals surface area contributed by atoms with Crippen LogP contribution >= 0.6 is 23.2 Å². The van der Waals surface area contributed by atoms with Gasteiger partial charge < -0.3 is 9.73 Å². The van der Waals surface area contributed by atoms with Crippen LogP contribution in [0.3, 0.4) is 0 Å². The molecule has 136 valence electrons. The quantitative estimate of drug-likeness (QED) is 0.554. The molecule has 0 spiro atoms. The van der Waals surface area contributed by atoms with Crippen molar-refractivity contribution >= 4 is 40.5 Å². The highest BCUT2D eigenvalue weighted by Gasteiger charge is 2.13. The Labute approximate surface area is 163 Å². The third-order valence-corrected chi connectivity index (χ3v) is 4.49. The molecule has 0 radical (unpaired) electrons. The predicted octanol–water partition coefficient (Wildman–Crippen LogP) is 4.18. The van der Waals surface area contributed by atoms with Crippen LogP contribution < -0.4 is 5.32 Å². The summed E-state index contributed by atoms with van der Waals surface area (Å²) < 4.78 is 7.21. The van der Waals surface area contributed by atoms with E-state index in [1.54, 1.807) is 47.2 Å². The highest BCUT2D eigenvalue weighted by Crippen LogP contribution is 2.22. The SMILES string of the molecule is Cc1ncc2oc(-c3ccc(NC(=O)Cc4ccc(Cl)cc4Cl)cn3)nn12. The third kappa shape index (κ3) is 3.65. The smallest absolute Gasteiger partial charge is 0.264 e. The number of carbonyl (C=O) groups excluding carboxylic acids is 1. The number of anilines is 1. The Kier molecular flexibility index (Phi) is 4.55. The summed E-state index contributed by atoms with van der Waals surface area (Å²) in [4.78, 5) is 20.6. The van der Waals surface area contributed by atoms with Crippen LogP contribution in [0, 0.1) is 6.92 Å². The zero-order valence-corrected chi connectivity index (χ0v) is 15.6. The molecule has 0 saturated carbocycles. The van der Waals surface area contributed by atoms with Gasteiger partial charge in [0, 0.05) is 10.0 Å². The maximum Gasteiger partial charge on any atom is 0.264 e. The molecular formula is C18H13Cl2N5O2. The number of benzene rings is 1. The number of nitrogens with zero attached hydrogens (tertiary/aromatic N) is 4. The van der Waals surface area contributed by atoms with Gasteiger partial charge in [-0.1, -0.05) is 29.3 Å². The van der Waals surface area contributed by atoms with Crippen LogP contribution in [0.5, 0.6) is 0 Å². The summed E-state index contributed by atoms with van der Waals surface area (Å²) in [5, 5.41) is 8.08. The maximum absolute atomic E-state index is 12.2. The van der Waals surface area contributed by atoms with Gasteiger partial charge in [-0.25, -0.2) is 9.97 Å². The fourth-order valence-electron chi connectivity index (χ4n) is 2.56. The zero-order chi connectivity index (χ0) is 19.0. The summed E-state index contributed by atoms with van der Waals surface area (Å²) in [5.41, 5.74) is 2.35. The Morgan fingerprint density at radius 3 is 2.74 bits per heavy atom. The van der Waals surface area contributed by atoms with E-state index in [0.717, 1.165) is 5.82 Å². The number of rotatable bonds is 4. The van der Waals surface area contributed by atoms with Gasteiger partial charge in [0.1, 0.15) is 11.5 Å². The van der Waals surface area contributed by atoms with Crippen molar-refractivity contribution in [1.82, 2.24) is 19.6 Å². The first-order valence-electron chi connectivity index (χ1n) is 8.01. The van der Waals surface area contributed by atoms with Crippen LogP contribution in [0.4, 0.5) is 5.69 Å². The lowest BCUT2D eigenvalue weighted by Crippen LogP contribution is -2.14. The van der Waals surface area contributed by atoms with Gasteiger partial charge in [0.2, 0.25) is 11.6 Å². The Morgan fingerprint density at radius 1 is 1.19 bits per heavy atom. The molecule has 3 heterocycles. The lowest BCUT2D eigenvalue weighted by Gasteiger charge is -2.07. The standard InChI is InChI=1S/C18H13Cl2N5O2/c1-10-21-9-17-25(10)24-18(27-17)15-5-4-13(8-22-15)23-16(26)6-11-2-3-12(19)7-14(11)20/h2-5,7-9H,6H2,1H3,(H,23,26). The van der Waals surface area contributed by atoms with E-state index in [0.29, 0.717) is 38.6 Å². The zero-order valence-electron chi connectivity index (χ0n) is 14.1. The number of aryl methyl sites for hydroxylation is 1. The molecule has 27 heavy (non-hydrogen) atoms. The average molecular weight is 402 g/mol. The van der Waals surface area contributed by atoms with E-state index in [-0.39, 0.29) is 12.3 Å². The molecule has 0 bridgehead atoms. The van der Waals surface area contributed by atoms with Crippen molar-refractivity contribution in [3.63, 3.8) is 0 Å². The molecule has 4 aromatic rings. The summed E-state index contributed by atoms with van der Waals surface area (Å²) in [7, 11) is 0. The predicted molar refractivity (Wildman–Crippen MR) is 102 cm³/mol. The molecule has 0 atom stereocenters. The fraction of sp³-hybridized carbons (Fsp3) is 0.111. The van der Waals surface area contributed by atoms with Crippen LogP contribution in [0.25, 0.3) is 17.3 Å². The Bertz CT molecular complexity index is 1130. The lowest BCUT2D eigenvalue weighted by atomic mass is 10.1. The van der Waals surface area contributed by atoms with Crippen LogP contribution in [-0.4, -0.2) is 25.5 Å². The Balaban J connectivity index is 1.46. The van der Waals surface area contributed by atoms with Gasteiger partial charge in [0.15, 0.2) is 0 Å². The molecule has 0 fully saturated rings. The van der Waals surface area contributed by atoms with Gasteiger partial charge in [-0.15, -0.1) is 5.10 Å². The van der Waals surface area contributed by atoms with Crippen molar-refractivity contribution in [2.75, 3.05) is 5.32 Å². The van der Waals surface area contributed by atoms with Crippen molar-refractivity contribution in [1.29, 1.82) is 0 Å². The van der Waals surface area contributed by atoms with Crippen molar-refractivity contribution < 1.29 is 9.21 Å². The van der Waals surface area contributed by atoms with Gasteiger partial charge in [0.25, 0.3) is 5.89 Å². The molecule has 4 rings (SSSR count). The van der Waals surface area contributed by atoms with E-state index in [4.69, 9.17) is 27.6 Å². The van der Waals surface area contributed by atoms with E-state index in [2.05, 4.69) is 20.4 Å². The van der Waals surface area contributed by atoms with E-state index in [1.807, 2.05) is 6.92 Å². The number of aromatic nitrogens is 4. The topological polar surface area (TPSA) is 85.3 Å². The molecule has 9 heteroatoms. The highest BCUT2D eigenvalue weighted by atomic mass is 35.5. The van der Waals surface area contributed by atoms with Crippen LogP contribution in [0.15, 0.2) is 47.1 Å². The number of halogens is 2. The summed E-state index contributed by atoms with van der Waals surface area (Å²) in [6.07, 6.45) is 3.28. The minimum atomic E-state index is -0.208. The Hall–Kier alpha value is -2.90. The van der Waals surface area contributed by atoms with E-state index in [1.165, 1.54) is 0 Å². The maximum atomic E-state index is 12.2. The van der Waals surface area contributed by atoms with Gasteiger partial charge in [0.05, 0.1) is 24.5 Å². The van der Waals surface area contributed by atoms with Gasteiger partial charge in [-0.2, -0.15) is 4.52 Å². The monoisotopic (exact) mass is 401 g/mol. The number of imidazole rings is 1. The summed E-state index contributed by atoms with van der Waals surface area (Å²) in [6, 6.07) is 8.49. The second-order valence-electron chi connectivity index (χ2n) is 5.86. The minimum Gasteiger partial charge on any atom is -0.415 e.